The highest BCUT2D eigenvalue weighted by molar-refractivity contribution is 5.93. The number of rotatable bonds is 12. The van der Waals surface area contributed by atoms with E-state index in [1.54, 1.807) is 13.1 Å². The van der Waals surface area contributed by atoms with Gasteiger partial charge in [-0.1, -0.05) is 43.7 Å². The Balaban J connectivity index is 1.81. The Labute approximate surface area is 227 Å². The summed E-state index contributed by atoms with van der Waals surface area (Å²) in [4.78, 5) is 35.4. The van der Waals surface area contributed by atoms with Crippen molar-refractivity contribution in [3.63, 3.8) is 0 Å². The lowest BCUT2D eigenvalue weighted by molar-refractivity contribution is -0.130. The summed E-state index contributed by atoms with van der Waals surface area (Å²) >= 11 is 0. The van der Waals surface area contributed by atoms with Crippen molar-refractivity contribution in [3.8, 4) is 5.88 Å². The number of carbonyl (C=O) groups is 2. The molecule has 9 heteroatoms. The second-order valence-electron chi connectivity index (χ2n) is 9.69. The highest BCUT2D eigenvalue weighted by atomic mass is 16.5. The molecule has 3 rings (SSSR count). The Hall–Kier alpha value is -3.46. The molecule has 0 radical (unpaired) electrons. The van der Waals surface area contributed by atoms with Crippen LogP contribution in [0.15, 0.2) is 41.5 Å². The zero-order valence-corrected chi connectivity index (χ0v) is 23.5. The van der Waals surface area contributed by atoms with Crippen molar-refractivity contribution in [2.45, 2.75) is 47.5 Å². The highest BCUT2D eigenvalue weighted by Crippen LogP contribution is 2.27. The summed E-state index contributed by atoms with van der Waals surface area (Å²) in [6.07, 6.45) is 3.68. The number of aromatic nitrogens is 1. The van der Waals surface area contributed by atoms with Gasteiger partial charge in [0.05, 0.1) is 6.21 Å². The van der Waals surface area contributed by atoms with Crippen LogP contribution in [-0.4, -0.2) is 85.2 Å². The van der Waals surface area contributed by atoms with Gasteiger partial charge >= 0.3 is 0 Å². The largest absolute Gasteiger partial charge is 0.476 e. The number of piperazine rings is 1. The van der Waals surface area contributed by atoms with Crippen LogP contribution in [-0.2, 0) is 9.59 Å². The molecule has 0 spiro atoms. The van der Waals surface area contributed by atoms with Gasteiger partial charge < -0.3 is 14.5 Å². The summed E-state index contributed by atoms with van der Waals surface area (Å²) in [6.45, 7) is 15.6. The Bertz CT molecular complexity index is 1090. The Morgan fingerprint density at radius 2 is 1.76 bits per heavy atom. The quantitative estimate of drug-likeness (QED) is 0.310. The third-order valence-electron chi connectivity index (χ3n) is 6.48. The van der Waals surface area contributed by atoms with E-state index < -0.39 is 0 Å². The van der Waals surface area contributed by atoms with Crippen LogP contribution in [0.1, 0.15) is 51.7 Å². The van der Waals surface area contributed by atoms with Crippen LogP contribution in [0.2, 0.25) is 0 Å². The van der Waals surface area contributed by atoms with Crippen LogP contribution in [0.4, 0.5) is 11.5 Å². The number of hydrazone groups is 1. The van der Waals surface area contributed by atoms with E-state index in [1.165, 1.54) is 11.9 Å². The van der Waals surface area contributed by atoms with Gasteiger partial charge in [0.2, 0.25) is 17.7 Å². The molecule has 9 nitrogen and oxygen atoms in total. The molecule has 1 aliphatic heterocycles. The number of benzene rings is 1. The van der Waals surface area contributed by atoms with Crippen molar-refractivity contribution in [1.29, 1.82) is 0 Å². The molecular formula is C29H42N6O3. The van der Waals surface area contributed by atoms with Crippen molar-refractivity contribution in [2.24, 2.45) is 5.10 Å². The van der Waals surface area contributed by atoms with Crippen LogP contribution in [0.5, 0.6) is 5.88 Å². The number of pyridine rings is 1. The third kappa shape index (κ3) is 8.55. The summed E-state index contributed by atoms with van der Waals surface area (Å²) in [5.41, 5.74) is 2.99. The van der Waals surface area contributed by atoms with E-state index in [0.29, 0.717) is 18.3 Å². The van der Waals surface area contributed by atoms with Crippen molar-refractivity contribution in [1.82, 2.24) is 14.8 Å². The fraction of sp³-hybridized carbons (Fsp3) is 0.517. The second-order valence-corrected chi connectivity index (χ2v) is 9.69. The van der Waals surface area contributed by atoms with Crippen molar-refractivity contribution in [3.05, 3.63) is 47.5 Å². The summed E-state index contributed by atoms with van der Waals surface area (Å²) < 4.78 is 6.13. The first-order chi connectivity index (χ1) is 18.3. The van der Waals surface area contributed by atoms with Gasteiger partial charge in [0.1, 0.15) is 6.61 Å². The number of amides is 2. The Kier molecular flexibility index (Phi) is 11.1. The molecule has 38 heavy (non-hydrogen) atoms. The molecular weight excluding hydrogens is 480 g/mol. The number of carbonyl (C=O) groups excluding carboxylic acids is 2. The SMILES string of the molecule is CCCN(CCC)c1cc(OCCN2CCN(C(C)=O)CC2)nc(N(/N=C/c2cccc(C)c2)C(C)=O)c1. The van der Waals surface area contributed by atoms with E-state index in [2.05, 4.69) is 33.7 Å². The molecule has 0 unspecified atom stereocenters. The lowest BCUT2D eigenvalue weighted by Gasteiger charge is -2.34. The normalized spacial score (nSPS) is 14.1. The van der Waals surface area contributed by atoms with Gasteiger partial charge in [-0.3, -0.25) is 14.5 Å². The molecule has 0 atom stereocenters. The summed E-state index contributed by atoms with van der Waals surface area (Å²) in [6, 6.07) is 11.8. The van der Waals surface area contributed by atoms with Crippen LogP contribution in [0.3, 0.4) is 0 Å². The van der Waals surface area contributed by atoms with E-state index in [0.717, 1.165) is 75.5 Å². The summed E-state index contributed by atoms with van der Waals surface area (Å²) in [5.74, 6) is 0.791. The standard InChI is InChI=1S/C29H42N6O3/c1-6-11-34(12-7-2)27-20-28(35(25(5)37)30-22-26-10-8-9-23(3)19-26)31-29(21-27)38-18-17-32-13-15-33(16-14-32)24(4)36/h8-10,19-22H,6-7,11-18H2,1-5H3/b30-22+. The van der Waals surface area contributed by atoms with E-state index in [4.69, 9.17) is 4.74 Å². The van der Waals surface area contributed by atoms with Gasteiger partial charge in [-0.2, -0.15) is 15.1 Å². The molecule has 1 aromatic heterocycles. The molecule has 2 heterocycles. The Morgan fingerprint density at radius 3 is 2.37 bits per heavy atom. The number of aryl methyl sites for hydroxylation is 1. The zero-order valence-electron chi connectivity index (χ0n) is 23.5. The number of anilines is 2. The molecule has 1 fully saturated rings. The van der Waals surface area contributed by atoms with E-state index in [9.17, 15) is 9.59 Å². The maximum absolute atomic E-state index is 12.7. The maximum Gasteiger partial charge on any atom is 0.245 e. The number of hydrogen-bond donors (Lipinski definition) is 0. The molecule has 1 aromatic carbocycles. The molecule has 2 amide bonds. The van der Waals surface area contributed by atoms with Crippen LogP contribution in [0, 0.1) is 6.92 Å². The average Bonchev–Trinajstić information content (AvgIpc) is 2.89. The zero-order chi connectivity index (χ0) is 27.5. The minimum atomic E-state index is -0.231. The van der Waals surface area contributed by atoms with Gasteiger partial charge in [-0.25, -0.2) is 0 Å². The summed E-state index contributed by atoms with van der Waals surface area (Å²) in [7, 11) is 0. The van der Waals surface area contributed by atoms with E-state index >= 15 is 0 Å². The first kappa shape index (κ1) is 29.1. The lowest BCUT2D eigenvalue weighted by atomic mass is 10.2. The first-order valence-corrected chi connectivity index (χ1v) is 13.6. The second kappa shape index (κ2) is 14.5. The fourth-order valence-electron chi connectivity index (χ4n) is 4.50. The van der Waals surface area contributed by atoms with E-state index in [-0.39, 0.29) is 11.8 Å². The highest BCUT2D eigenvalue weighted by Gasteiger charge is 2.20. The minimum absolute atomic E-state index is 0.123. The van der Waals surface area contributed by atoms with Crippen molar-refractivity contribution >= 4 is 29.5 Å². The molecule has 206 valence electrons. The molecule has 0 aliphatic carbocycles. The molecule has 0 bridgehead atoms. The van der Waals surface area contributed by atoms with Gasteiger partial charge in [0.25, 0.3) is 0 Å². The van der Waals surface area contributed by atoms with Crippen molar-refractivity contribution < 1.29 is 14.3 Å². The smallest absolute Gasteiger partial charge is 0.245 e. The summed E-state index contributed by atoms with van der Waals surface area (Å²) in [5, 5.41) is 5.82. The Morgan fingerprint density at radius 1 is 1.05 bits per heavy atom. The fourth-order valence-corrected chi connectivity index (χ4v) is 4.50. The van der Waals surface area contributed by atoms with E-state index in [1.807, 2.05) is 48.2 Å². The van der Waals surface area contributed by atoms with Crippen molar-refractivity contribution in [2.75, 3.05) is 62.3 Å². The number of nitrogens with zero attached hydrogens (tertiary/aromatic N) is 6. The monoisotopic (exact) mass is 522 g/mol. The van der Waals surface area contributed by atoms with Gasteiger partial charge in [-0.05, 0) is 25.3 Å². The predicted octanol–water partition coefficient (Wildman–Crippen LogP) is 3.95. The number of ether oxygens (including phenoxy) is 1. The molecule has 1 saturated heterocycles. The van der Waals surface area contributed by atoms with Gasteiger partial charge in [0, 0.05) is 77.5 Å². The van der Waals surface area contributed by atoms with Gasteiger partial charge in [-0.15, -0.1) is 0 Å². The van der Waals surface area contributed by atoms with Gasteiger partial charge in [0.15, 0.2) is 5.82 Å². The third-order valence-corrected chi connectivity index (χ3v) is 6.48. The lowest BCUT2D eigenvalue weighted by Crippen LogP contribution is -2.48. The van der Waals surface area contributed by atoms with Crippen LogP contribution >= 0.6 is 0 Å². The average molecular weight is 523 g/mol. The first-order valence-electron chi connectivity index (χ1n) is 13.6. The molecule has 0 N–H and O–H groups in total. The number of hydrogen-bond acceptors (Lipinski definition) is 7. The minimum Gasteiger partial charge on any atom is -0.476 e. The predicted molar refractivity (Wildman–Crippen MR) is 153 cm³/mol. The van der Waals surface area contributed by atoms with Crippen LogP contribution < -0.4 is 14.6 Å². The topological polar surface area (TPSA) is 81.6 Å². The maximum atomic E-state index is 12.7. The molecule has 0 saturated carbocycles. The molecule has 1 aliphatic rings. The van der Waals surface area contributed by atoms with Crippen LogP contribution in [0.25, 0.3) is 0 Å². The molecule has 2 aromatic rings.